The molecule has 194 valence electrons. The van der Waals surface area contributed by atoms with E-state index in [2.05, 4.69) is 5.32 Å². The summed E-state index contributed by atoms with van der Waals surface area (Å²) in [4.78, 5) is 26.2. The van der Waals surface area contributed by atoms with Gasteiger partial charge in [-0.05, 0) is 70.5 Å². The molecule has 0 aliphatic heterocycles. The predicted octanol–water partition coefficient (Wildman–Crippen LogP) is 6.09. The maximum absolute atomic E-state index is 14.4. The lowest BCUT2D eigenvalue weighted by molar-refractivity contribution is 0.0786. The quantitative estimate of drug-likeness (QED) is 0.330. The van der Waals surface area contributed by atoms with Crippen LogP contribution in [0.3, 0.4) is 0 Å². The van der Waals surface area contributed by atoms with Crippen molar-refractivity contribution < 1.29 is 23.4 Å². The summed E-state index contributed by atoms with van der Waals surface area (Å²) < 4.78 is 35.7. The summed E-state index contributed by atoms with van der Waals surface area (Å²) in [5.41, 5.74) is -0.382. The molecule has 2 aromatic carbocycles. The van der Waals surface area contributed by atoms with Crippen molar-refractivity contribution in [3.05, 3.63) is 81.1 Å². The molecule has 0 spiro atoms. The zero-order valence-corrected chi connectivity index (χ0v) is 22.2. The number of ether oxygens (including phenoxy) is 1. The van der Waals surface area contributed by atoms with Crippen molar-refractivity contribution >= 4 is 27.3 Å². The number of benzene rings is 2. The average Bonchev–Trinajstić information content (AvgIpc) is 3.23. The van der Waals surface area contributed by atoms with Crippen LogP contribution in [0.1, 0.15) is 49.9 Å². The minimum atomic E-state index is -1.21. The number of rotatable bonds is 5. The number of aromatic nitrogens is 1. The van der Waals surface area contributed by atoms with E-state index >= 15 is 0 Å². The molecule has 0 saturated heterocycles. The van der Waals surface area contributed by atoms with Gasteiger partial charge < -0.3 is 19.7 Å². The van der Waals surface area contributed by atoms with Crippen LogP contribution in [0.2, 0.25) is 0 Å². The fraction of sp³-hybridized carbons (Fsp3) is 0.286. The topological polar surface area (TPSA) is 80.6 Å². The van der Waals surface area contributed by atoms with Crippen molar-refractivity contribution in [2.75, 3.05) is 0 Å². The molecule has 2 aromatic heterocycles. The number of hydrogen-bond acceptors (Lipinski definition) is 5. The van der Waals surface area contributed by atoms with Crippen LogP contribution in [0, 0.1) is 11.6 Å². The number of pyridine rings is 1. The molecular weight excluding hydrogens is 498 g/mol. The van der Waals surface area contributed by atoms with Gasteiger partial charge in [0.2, 0.25) is 0 Å². The number of carbonyl (C=O) groups is 1. The van der Waals surface area contributed by atoms with Crippen molar-refractivity contribution in [2.45, 2.75) is 45.8 Å². The third kappa shape index (κ3) is 5.57. The monoisotopic (exact) mass is 526 g/mol. The van der Waals surface area contributed by atoms with Crippen LogP contribution in [0.5, 0.6) is 11.5 Å². The Hall–Kier alpha value is -3.56. The molecule has 0 saturated carbocycles. The number of hydrogen-bond donors (Lipinski definition) is 2. The second kappa shape index (κ2) is 9.39. The first kappa shape index (κ1) is 26.5. The molecule has 0 fully saturated rings. The fourth-order valence-corrected chi connectivity index (χ4v) is 4.91. The van der Waals surface area contributed by atoms with E-state index in [4.69, 9.17) is 4.74 Å². The van der Waals surface area contributed by atoms with Crippen LogP contribution in [0.15, 0.2) is 53.5 Å². The first-order valence-corrected chi connectivity index (χ1v) is 12.4. The number of halogens is 2. The highest BCUT2D eigenvalue weighted by Crippen LogP contribution is 2.41. The van der Waals surface area contributed by atoms with Crippen LogP contribution in [-0.2, 0) is 12.6 Å². The van der Waals surface area contributed by atoms with Gasteiger partial charge in [0.1, 0.15) is 11.6 Å². The van der Waals surface area contributed by atoms with Gasteiger partial charge in [-0.2, -0.15) is 0 Å². The van der Waals surface area contributed by atoms with Crippen molar-refractivity contribution in [1.29, 1.82) is 0 Å². The van der Waals surface area contributed by atoms with Gasteiger partial charge in [0.25, 0.3) is 11.5 Å². The molecular formula is C28H28F2N2O4S. The van der Waals surface area contributed by atoms with E-state index in [1.807, 2.05) is 20.8 Å². The summed E-state index contributed by atoms with van der Waals surface area (Å²) in [6.45, 7) is 8.85. The van der Waals surface area contributed by atoms with E-state index < -0.39 is 22.8 Å². The van der Waals surface area contributed by atoms with Gasteiger partial charge >= 0.3 is 0 Å². The van der Waals surface area contributed by atoms with E-state index in [1.165, 1.54) is 10.6 Å². The van der Waals surface area contributed by atoms with Gasteiger partial charge in [-0.15, -0.1) is 11.3 Å². The fourth-order valence-electron chi connectivity index (χ4n) is 3.84. The SMILES string of the molecule is Cn1cc(-c2cc(C(C)(C)O)ccc2Oc2ccc(F)cc2F)c2sc(C(=O)NC(C)(C)C)cc2c1=O. The molecule has 0 radical (unpaired) electrons. The van der Waals surface area contributed by atoms with Crippen LogP contribution in [-0.4, -0.2) is 21.1 Å². The maximum atomic E-state index is 14.4. The lowest BCUT2D eigenvalue weighted by Crippen LogP contribution is -2.40. The summed E-state index contributed by atoms with van der Waals surface area (Å²) >= 11 is 1.16. The molecule has 0 aliphatic carbocycles. The molecule has 0 aliphatic rings. The van der Waals surface area contributed by atoms with Crippen LogP contribution in [0.4, 0.5) is 8.78 Å². The highest BCUT2D eigenvalue weighted by Gasteiger charge is 2.24. The third-order valence-corrected chi connectivity index (χ3v) is 6.82. The number of amides is 1. The molecule has 0 unspecified atom stereocenters. The van der Waals surface area contributed by atoms with Gasteiger partial charge in [-0.25, -0.2) is 8.78 Å². The van der Waals surface area contributed by atoms with Crippen LogP contribution in [0.25, 0.3) is 21.2 Å². The Morgan fingerprint density at radius 1 is 1.00 bits per heavy atom. The Labute approximate surface area is 217 Å². The number of aliphatic hydroxyl groups is 1. The van der Waals surface area contributed by atoms with E-state index in [-0.39, 0.29) is 23.0 Å². The average molecular weight is 527 g/mol. The molecule has 4 aromatic rings. The van der Waals surface area contributed by atoms with Gasteiger partial charge in [0.05, 0.1) is 20.6 Å². The normalized spacial score (nSPS) is 12.1. The number of thiophene rings is 1. The second-order valence-electron chi connectivity index (χ2n) is 10.5. The summed E-state index contributed by atoms with van der Waals surface area (Å²) in [6, 6.07) is 9.50. The zero-order valence-electron chi connectivity index (χ0n) is 21.4. The minimum Gasteiger partial charge on any atom is -0.454 e. The predicted molar refractivity (Wildman–Crippen MR) is 141 cm³/mol. The highest BCUT2D eigenvalue weighted by atomic mass is 32.1. The van der Waals surface area contributed by atoms with E-state index in [0.29, 0.717) is 31.7 Å². The van der Waals surface area contributed by atoms with Crippen LogP contribution >= 0.6 is 11.3 Å². The summed E-state index contributed by atoms with van der Waals surface area (Å²) in [5.74, 6) is -1.87. The number of nitrogens with one attached hydrogen (secondary N) is 1. The molecule has 1 amide bonds. The smallest absolute Gasteiger partial charge is 0.261 e. The molecule has 0 atom stereocenters. The molecule has 9 heteroatoms. The number of fused-ring (bicyclic) bond motifs is 1. The first-order chi connectivity index (χ1) is 17.1. The number of carbonyl (C=O) groups excluding carboxylic acids is 1. The van der Waals surface area contributed by atoms with E-state index in [0.717, 1.165) is 23.5 Å². The van der Waals surface area contributed by atoms with Gasteiger partial charge in [0, 0.05) is 36.0 Å². The van der Waals surface area contributed by atoms with Crippen LogP contribution < -0.4 is 15.6 Å². The first-order valence-electron chi connectivity index (χ1n) is 11.6. The third-order valence-electron chi connectivity index (χ3n) is 5.65. The van der Waals surface area contributed by atoms with Gasteiger partial charge in [-0.1, -0.05) is 6.07 Å². The molecule has 4 rings (SSSR count). The van der Waals surface area contributed by atoms with Crippen molar-refractivity contribution in [1.82, 2.24) is 9.88 Å². The van der Waals surface area contributed by atoms with Gasteiger partial charge in [-0.3, -0.25) is 9.59 Å². The van der Waals surface area contributed by atoms with E-state index in [9.17, 15) is 23.5 Å². The Kier molecular flexibility index (Phi) is 6.73. The van der Waals surface area contributed by atoms with Crippen molar-refractivity contribution in [2.24, 2.45) is 7.05 Å². The Balaban J connectivity index is 1.96. The number of aryl methyl sites for hydroxylation is 1. The summed E-state index contributed by atoms with van der Waals surface area (Å²) in [5, 5.41) is 13.9. The van der Waals surface area contributed by atoms with E-state index in [1.54, 1.807) is 51.4 Å². The molecule has 2 N–H and O–H groups in total. The summed E-state index contributed by atoms with van der Waals surface area (Å²) in [7, 11) is 1.60. The molecule has 0 bridgehead atoms. The molecule has 6 nitrogen and oxygen atoms in total. The Bertz CT molecular complexity index is 1580. The zero-order chi connectivity index (χ0) is 27.3. The van der Waals surface area contributed by atoms with Gasteiger partial charge in [0.15, 0.2) is 11.6 Å². The number of nitrogens with zero attached hydrogens (tertiary/aromatic N) is 1. The molecule has 2 heterocycles. The second-order valence-corrected chi connectivity index (χ2v) is 11.5. The Morgan fingerprint density at radius 3 is 2.30 bits per heavy atom. The largest absolute Gasteiger partial charge is 0.454 e. The standard InChI is InChI=1S/C28H28F2N2O4S/c1-27(2,3)31-25(33)23-13-18-24(37-23)19(14-32(6)26(18)34)17-11-15(28(4,5)35)7-9-21(17)36-22-10-8-16(29)12-20(22)30/h7-14,35H,1-6H3,(H,31,33). The van der Waals surface area contributed by atoms with Crippen molar-refractivity contribution in [3.63, 3.8) is 0 Å². The lowest BCUT2D eigenvalue weighted by Gasteiger charge is -2.21. The maximum Gasteiger partial charge on any atom is 0.261 e. The summed E-state index contributed by atoms with van der Waals surface area (Å²) in [6.07, 6.45) is 1.62. The molecule has 37 heavy (non-hydrogen) atoms. The minimum absolute atomic E-state index is 0.184. The van der Waals surface area contributed by atoms with Crippen molar-refractivity contribution in [3.8, 4) is 22.6 Å². The highest BCUT2D eigenvalue weighted by molar-refractivity contribution is 7.21. The lowest BCUT2D eigenvalue weighted by atomic mass is 9.94. The Morgan fingerprint density at radius 2 is 1.68 bits per heavy atom.